The molecule has 1 atom stereocenters. The average Bonchev–Trinajstić information content (AvgIpc) is 3.24. The minimum atomic E-state index is -0.815. The summed E-state index contributed by atoms with van der Waals surface area (Å²) in [6.07, 6.45) is 61.4. The molecule has 0 aromatic rings. The zero-order valence-electron chi connectivity index (χ0n) is 38.9. The van der Waals surface area contributed by atoms with E-state index in [1.807, 2.05) is 42.5 Å². The van der Waals surface area contributed by atoms with Crippen molar-refractivity contribution in [2.45, 2.75) is 226 Å². The highest BCUT2D eigenvalue weighted by Crippen LogP contribution is 2.14. The van der Waals surface area contributed by atoms with Crippen LogP contribution in [0.15, 0.2) is 85.1 Å². The maximum Gasteiger partial charge on any atom is 0.306 e. The van der Waals surface area contributed by atoms with E-state index in [0.29, 0.717) is 19.3 Å². The predicted octanol–water partition coefficient (Wildman–Crippen LogP) is 16.0. The van der Waals surface area contributed by atoms with Crippen molar-refractivity contribution in [2.24, 2.45) is 0 Å². The van der Waals surface area contributed by atoms with E-state index in [1.165, 1.54) is 96.3 Å². The van der Waals surface area contributed by atoms with Crippen molar-refractivity contribution in [2.75, 3.05) is 13.2 Å². The van der Waals surface area contributed by atoms with Crippen LogP contribution in [0.1, 0.15) is 220 Å². The smallest absolute Gasteiger partial charge is 0.306 e. The van der Waals surface area contributed by atoms with Crippen LogP contribution in [0.2, 0.25) is 0 Å². The Balaban J connectivity index is 4.49. The summed E-state index contributed by atoms with van der Waals surface area (Å²) in [5.41, 5.74) is 0. The quantitative estimate of drug-likeness (QED) is 0.0200. The van der Waals surface area contributed by atoms with Crippen molar-refractivity contribution >= 4 is 17.9 Å². The third kappa shape index (κ3) is 45.7. The van der Waals surface area contributed by atoms with Crippen LogP contribution in [-0.2, 0) is 28.6 Å². The van der Waals surface area contributed by atoms with Crippen LogP contribution in [-0.4, -0.2) is 37.2 Å². The minimum Gasteiger partial charge on any atom is -0.462 e. The largest absolute Gasteiger partial charge is 0.462 e. The highest BCUT2D eigenvalue weighted by Gasteiger charge is 2.19. The van der Waals surface area contributed by atoms with Crippen LogP contribution in [0.3, 0.4) is 0 Å². The molecule has 0 saturated heterocycles. The standard InChI is InChI=1S/C54H90O6/c1-4-7-10-13-16-19-22-24-25-26-27-28-30-32-35-38-41-44-47-53(56)59-50-51(49-58-52(55)46-43-40-37-34-31-21-18-15-12-9-6-3)60-54(57)48-45-42-39-36-33-29-23-20-17-14-11-8-5-2/h10,13,16,19,22,24-29,33,39,42,51H,4-9,11-12,14-15,17-18,20-21,23,30-32,34-38,40-41,43-50H2,1-3H3/b13-10-,19-16-,24-22-,26-25-,28-27-,33-29-,42-39-. The molecule has 0 heterocycles. The van der Waals surface area contributed by atoms with Crippen molar-refractivity contribution < 1.29 is 28.6 Å². The van der Waals surface area contributed by atoms with Crippen LogP contribution in [0.25, 0.3) is 0 Å². The monoisotopic (exact) mass is 835 g/mol. The second kappa shape index (κ2) is 48.3. The lowest BCUT2D eigenvalue weighted by Gasteiger charge is -2.18. The summed E-state index contributed by atoms with van der Waals surface area (Å²) in [4.78, 5) is 37.8. The summed E-state index contributed by atoms with van der Waals surface area (Å²) >= 11 is 0. The van der Waals surface area contributed by atoms with Gasteiger partial charge < -0.3 is 14.2 Å². The molecule has 0 bridgehead atoms. The molecule has 0 spiro atoms. The molecule has 6 heteroatoms. The van der Waals surface area contributed by atoms with Gasteiger partial charge in [0, 0.05) is 19.3 Å². The molecule has 0 aliphatic heterocycles. The van der Waals surface area contributed by atoms with Crippen molar-refractivity contribution in [3.8, 4) is 0 Å². The molecule has 0 N–H and O–H groups in total. The van der Waals surface area contributed by atoms with Gasteiger partial charge >= 0.3 is 17.9 Å². The van der Waals surface area contributed by atoms with Crippen LogP contribution >= 0.6 is 0 Å². The first-order valence-electron chi connectivity index (χ1n) is 24.7. The number of allylic oxidation sites excluding steroid dienone is 14. The summed E-state index contributed by atoms with van der Waals surface area (Å²) in [5.74, 6) is -1.00. The van der Waals surface area contributed by atoms with Gasteiger partial charge in [0.25, 0.3) is 0 Å². The first kappa shape index (κ1) is 56.6. The molecule has 0 aromatic heterocycles. The van der Waals surface area contributed by atoms with Gasteiger partial charge in [-0.3, -0.25) is 14.4 Å². The Labute approximate surface area is 369 Å². The van der Waals surface area contributed by atoms with E-state index in [9.17, 15) is 14.4 Å². The molecular formula is C54H90O6. The molecule has 0 aliphatic carbocycles. The molecule has 0 radical (unpaired) electrons. The van der Waals surface area contributed by atoms with E-state index in [-0.39, 0.29) is 37.5 Å². The number of carbonyl (C=O) groups is 3. The Kier molecular flexibility index (Phi) is 45.5. The van der Waals surface area contributed by atoms with Crippen LogP contribution in [0, 0.1) is 0 Å². The summed E-state index contributed by atoms with van der Waals surface area (Å²) in [6, 6.07) is 0. The summed E-state index contributed by atoms with van der Waals surface area (Å²) in [6.45, 7) is 6.45. The van der Waals surface area contributed by atoms with Gasteiger partial charge in [-0.05, 0) is 57.8 Å². The van der Waals surface area contributed by atoms with Crippen LogP contribution in [0.4, 0.5) is 0 Å². The second-order valence-electron chi connectivity index (χ2n) is 16.1. The van der Waals surface area contributed by atoms with E-state index in [4.69, 9.17) is 14.2 Å². The van der Waals surface area contributed by atoms with Crippen molar-refractivity contribution in [3.05, 3.63) is 85.1 Å². The summed E-state index contributed by atoms with van der Waals surface area (Å²) < 4.78 is 16.7. The van der Waals surface area contributed by atoms with E-state index in [1.54, 1.807) is 0 Å². The average molecular weight is 835 g/mol. The summed E-state index contributed by atoms with van der Waals surface area (Å²) in [5, 5.41) is 0. The van der Waals surface area contributed by atoms with Crippen molar-refractivity contribution in [3.63, 3.8) is 0 Å². The fourth-order valence-corrected chi connectivity index (χ4v) is 6.52. The zero-order valence-corrected chi connectivity index (χ0v) is 38.9. The third-order valence-electron chi connectivity index (χ3n) is 10.2. The molecule has 342 valence electrons. The van der Waals surface area contributed by atoms with Gasteiger partial charge in [0.2, 0.25) is 0 Å². The highest BCUT2D eigenvalue weighted by atomic mass is 16.6. The topological polar surface area (TPSA) is 78.9 Å². The third-order valence-corrected chi connectivity index (χ3v) is 10.2. The lowest BCUT2D eigenvalue weighted by molar-refractivity contribution is -0.166. The van der Waals surface area contributed by atoms with Gasteiger partial charge in [0.05, 0.1) is 0 Å². The van der Waals surface area contributed by atoms with Gasteiger partial charge in [0.15, 0.2) is 6.10 Å². The number of esters is 3. The molecule has 0 amide bonds. The number of rotatable bonds is 43. The highest BCUT2D eigenvalue weighted by molar-refractivity contribution is 5.71. The molecule has 0 fully saturated rings. The molecule has 6 nitrogen and oxygen atoms in total. The molecule has 0 rings (SSSR count). The van der Waals surface area contributed by atoms with E-state index in [2.05, 4.69) is 63.3 Å². The molecule has 1 unspecified atom stereocenters. The minimum absolute atomic E-state index is 0.107. The molecule has 0 saturated carbocycles. The van der Waals surface area contributed by atoms with Gasteiger partial charge in [0.1, 0.15) is 13.2 Å². The lowest BCUT2D eigenvalue weighted by Crippen LogP contribution is -2.30. The maximum atomic E-state index is 12.7. The Morgan fingerprint density at radius 3 is 1.20 bits per heavy atom. The number of unbranched alkanes of at least 4 members (excludes halogenated alkanes) is 22. The first-order chi connectivity index (χ1) is 29.5. The zero-order chi connectivity index (χ0) is 43.7. The van der Waals surface area contributed by atoms with Crippen LogP contribution in [0.5, 0.6) is 0 Å². The van der Waals surface area contributed by atoms with E-state index >= 15 is 0 Å². The lowest BCUT2D eigenvalue weighted by atomic mass is 10.1. The first-order valence-corrected chi connectivity index (χ1v) is 24.7. The molecule has 60 heavy (non-hydrogen) atoms. The van der Waals surface area contributed by atoms with Crippen molar-refractivity contribution in [1.29, 1.82) is 0 Å². The number of ether oxygens (including phenoxy) is 3. The van der Waals surface area contributed by atoms with Gasteiger partial charge in [-0.2, -0.15) is 0 Å². The SMILES string of the molecule is CCC\C=C/C=C\C=C/C=C\C=C/CCCCCCCC(=O)OCC(COC(=O)CCCCCCCCCCCCC)OC(=O)CC/C=C\C/C=C\CCCCCCCC. The second-order valence-corrected chi connectivity index (χ2v) is 16.1. The number of carbonyl (C=O) groups excluding carboxylic acids is 3. The fourth-order valence-electron chi connectivity index (χ4n) is 6.52. The van der Waals surface area contributed by atoms with E-state index in [0.717, 1.165) is 77.0 Å². The fraction of sp³-hybridized carbons (Fsp3) is 0.685. The maximum absolute atomic E-state index is 12.7. The Bertz CT molecular complexity index is 1190. The number of hydrogen-bond donors (Lipinski definition) is 0. The Morgan fingerprint density at radius 2 is 0.733 bits per heavy atom. The van der Waals surface area contributed by atoms with Gasteiger partial charge in [-0.25, -0.2) is 0 Å². The predicted molar refractivity (Wildman–Crippen MR) is 256 cm³/mol. The normalized spacial score (nSPS) is 12.8. The van der Waals surface area contributed by atoms with E-state index < -0.39 is 6.10 Å². The van der Waals surface area contributed by atoms with Gasteiger partial charge in [-0.1, -0.05) is 228 Å². The van der Waals surface area contributed by atoms with Crippen molar-refractivity contribution in [1.82, 2.24) is 0 Å². The molecule has 0 aromatic carbocycles. The molecule has 0 aliphatic rings. The Hall–Kier alpha value is -3.41. The number of hydrogen-bond acceptors (Lipinski definition) is 6. The van der Waals surface area contributed by atoms with Crippen LogP contribution < -0.4 is 0 Å². The summed E-state index contributed by atoms with van der Waals surface area (Å²) in [7, 11) is 0. The van der Waals surface area contributed by atoms with Gasteiger partial charge in [-0.15, -0.1) is 0 Å². The Morgan fingerprint density at radius 1 is 0.350 bits per heavy atom. The molecular weight excluding hydrogens is 745 g/mol.